The van der Waals surface area contributed by atoms with Gasteiger partial charge in [0.25, 0.3) is 0 Å². The largest absolute Gasteiger partial charge is 0.508 e. The Morgan fingerprint density at radius 2 is 0.895 bits per heavy atom. The zero-order valence-electron chi connectivity index (χ0n) is 19.4. The van der Waals surface area contributed by atoms with E-state index in [9.17, 15) is 46.1 Å². The van der Waals surface area contributed by atoms with Gasteiger partial charge in [-0.2, -0.15) is 26.3 Å². The summed E-state index contributed by atoms with van der Waals surface area (Å²) in [6.07, 6.45) is -12.2. The highest BCUT2D eigenvalue weighted by atomic mass is 19.4. The van der Waals surface area contributed by atoms with Gasteiger partial charge < -0.3 is 19.7 Å². The molecular formula is C26H20F6O6. The third-order valence-electron chi connectivity index (χ3n) is 5.25. The second kappa shape index (κ2) is 11.4. The molecule has 0 unspecified atom stereocenters. The van der Waals surface area contributed by atoms with Gasteiger partial charge in [-0.05, 0) is 60.4 Å². The van der Waals surface area contributed by atoms with Crippen LogP contribution < -0.4 is 9.47 Å². The number of ether oxygens (including phenoxy) is 2. The van der Waals surface area contributed by atoms with Crippen molar-refractivity contribution >= 4 is 11.9 Å². The molecule has 38 heavy (non-hydrogen) atoms. The molecule has 0 saturated heterocycles. The molecular weight excluding hydrogens is 522 g/mol. The zero-order valence-corrected chi connectivity index (χ0v) is 19.4. The number of halogens is 6. The highest BCUT2D eigenvalue weighted by Crippen LogP contribution is 2.49. The van der Waals surface area contributed by atoms with Crippen molar-refractivity contribution in [2.75, 3.05) is 0 Å². The Labute approximate surface area is 212 Å². The topological polar surface area (TPSA) is 93.1 Å². The number of hydrogen-bond acceptors (Lipinski definition) is 6. The molecule has 0 aliphatic carbocycles. The molecule has 6 nitrogen and oxygen atoms in total. The molecule has 0 fully saturated rings. The first-order valence-electron chi connectivity index (χ1n) is 11.0. The lowest BCUT2D eigenvalue weighted by Gasteiger charge is -2.21. The van der Waals surface area contributed by atoms with Gasteiger partial charge in [-0.25, -0.2) is 0 Å². The Kier molecular flexibility index (Phi) is 8.54. The van der Waals surface area contributed by atoms with Gasteiger partial charge in [-0.3, -0.25) is 9.59 Å². The van der Waals surface area contributed by atoms with Crippen molar-refractivity contribution in [2.45, 2.75) is 38.0 Å². The van der Waals surface area contributed by atoms with Gasteiger partial charge in [0.2, 0.25) is 0 Å². The molecule has 202 valence electrons. The van der Waals surface area contributed by atoms with Crippen molar-refractivity contribution in [1.82, 2.24) is 0 Å². The van der Waals surface area contributed by atoms with Crippen LogP contribution in [-0.4, -0.2) is 22.2 Å². The second-order valence-corrected chi connectivity index (χ2v) is 8.09. The lowest BCUT2D eigenvalue weighted by Crippen LogP contribution is -2.22. The normalized spacial score (nSPS) is 11.7. The number of phenolic OH excluding ortho intramolecular Hbond substituents is 2. The third-order valence-corrected chi connectivity index (χ3v) is 5.25. The quantitative estimate of drug-likeness (QED) is 0.200. The summed E-state index contributed by atoms with van der Waals surface area (Å²) >= 11 is 0. The predicted octanol–water partition coefficient (Wildman–Crippen LogP) is 6.21. The van der Waals surface area contributed by atoms with E-state index >= 15 is 0 Å². The Balaban J connectivity index is 1.83. The summed E-state index contributed by atoms with van der Waals surface area (Å²) in [5.74, 6) is -5.32. The Morgan fingerprint density at radius 1 is 0.579 bits per heavy atom. The number of benzene rings is 3. The van der Waals surface area contributed by atoms with Gasteiger partial charge in [0.05, 0.1) is 0 Å². The van der Waals surface area contributed by atoms with E-state index in [-0.39, 0.29) is 24.3 Å². The number of carbonyl (C=O) groups is 2. The summed E-state index contributed by atoms with van der Waals surface area (Å²) in [5, 5.41) is 18.5. The van der Waals surface area contributed by atoms with Crippen molar-refractivity contribution in [3.63, 3.8) is 0 Å². The van der Waals surface area contributed by atoms with Crippen molar-refractivity contribution in [3.8, 4) is 23.0 Å². The fourth-order valence-corrected chi connectivity index (χ4v) is 3.46. The number of aromatic hydroxyl groups is 2. The van der Waals surface area contributed by atoms with Crippen LogP contribution in [0.5, 0.6) is 23.0 Å². The minimum Gasteiger partial charge on any atom is -0.508 e. The van der Waals surface area contributed by atoms with E-state index in [0.717, 1.165) is 0 Å². The molecule has 2 N–H and O–H groups in total. The van der Waals surface area contributed by atoms with E-state index in [1.165, 1.54) is 48.5 Å². The highest BCUT2D eigenvalue weighted by Gasteiger charge is 2.48. The summed E-state index contributed by atoms with van der Waals surface area (Å²) < 4.78 is 92.2. The van der Waals surface area contributed by atoms with Gasteiger partial charge in [-0.15, -0.1) is 0 Å². The van der Waals surface area contributed by atoms with E-state index in [1.54, 1.807) is 0 Å². The standard InChI is InChI=1S/C26H20F6O6/c27-25(28,29)23-19(37-21(35)13-5-15-1-7-17(33)8-2-15)11-12-20(24(23)26(30,31)32)38-22(36)14-6-16-3-9-18(34)10-4-16/h1-4,7-12,33-34H,5-6,13-14H2. The Morgan fingerprint density at radius 3 is 1.18 bits per heavy atom. The number of carbonyl (C=O) groups excluding carboxylic acids is 2. The van der Waals surface area contributed by atoms with E-state index in [0.29, 0.717) is 23.3 Å². The average molecular weight is 542 g/mol. The molecule has 3 aromatic carbocycles. The Bertz CT molecular complexity index is 1180. The van der Waals surface area contributed by atoms with Gasteiger partial charge in [-0.1, -0.05) is 24.3 Å². The van der Waals surface area contributed by atoms with E-state index in [4.69, 9.17) is 0 Å². The third kappa shape index (κ3) is 7.64. The molecule has 12 heteroatoms. The van der Waals surface area contributed by atoms with Crippen LogP contribution in [0, 0.1) is 0 Å². The van der Waals surface area contributed by atoms with Crippen LogP contribution in [-0.2, 0) is 34.8 Å². The number of hydrogen-bond donors (Lipinski definition) is 2. The van der Waals surface area contributed by atoms with Crippen molar-refractivity contribution in [3.05, 3.63) is 82.9 Å². The fraction of sp³-hybridized carbons (Fsp3) is 0.231. The monoisotopic (exact) mass is 542 g/mol. The predicted molar refractivity (Wildman–Crippen MR) is 121 cm³/mol. The van der Waals surface area contributed by atoms with Crippen molar-refractivity contribution in [1.29, 1.82) is 0 Å². The first-order chi connectivity index (χ1) is 17.7. The molecule has 0 aliphatic heterocycles. The van der Waals surface area contributed by atoms with Crippen LogP contribution >= 0.6 is 0 Å². The molecule has 0 bridgehead atoms. The molecule has 0 heterocycles. The lowest BCUT2D eigenvalue weighted by atomic mass is 10.0. The number of rotatable bonds is 8. The van der Waals surface area contributed by atoms with Crippen LogP contribution in [0.3, 0.4) is 0 Å². The van der Waals surface area contributed by atoms with E-state index < -0.39 is 59.8 Å². The maximum atomic E-state index is 13.8. The number of esters is 2. The maximum Gasteiger partial charge on any atom is 0.420 e. The van der Waals surface area contributed by atoms with Gasteiger partial charge >= 0.3 is 24.3 Å². The summed E-state index contributed by atoms with van der Waals surface area (Å²) in [4.78, 5) is 24.4. The van der Waals surface area contributed by atoms with Crippen molar-refractivity contribution in [2.24, 2.45) is 0 Å². The fourth-order valence-electron chi connectivity index (χ4n) is 3.46. The molecule has 0 amide bonds. The molecule has 3 aromatic rings. The summed E-state index contributed by atoms with van der Waals surface area (Å²) in [6, 6.07) is 12.1. The smallest absolute Gasteiger partial charge is 0.420 e. The summed E-state index contributed by atoms with van der Waals surface area (Å²) in [5.41, 5.74) is -3.54. The van der Waals surface area contributed by atoms with E-state index in [1.807, 2.05) is 0 Å². The lowest BCUT2D eigenvalue weighted by molar-refractivity contribution is -0.165. The molecule has 0 atom stereocenters. The van der Waals surface area contributed by atoms with E-state index in [2.05, 4.69) is 9.47 Å². The number of aryl methyl sites for hydroxylation is 2. The van der Waals surface area contributed by atoms with Crippen LogP contribution in [0.4, 0.5) is 26.3 Å². The van der Waals surface area contributed by atoms with Crippen LogP contribution in [0.15, 0.2) is 60.7 Å². The average Bonchev–Trinajstić information content (AvgIpc) is 2.82. The molecule has 0 radical (unpaired) electrons. The van der Waals surface area contributed by atoms with Crippen molar-refractivity contribution < 1.29 is 55.6 Å². The summed E-state index contributed by atoms with van der Waals surface area (Å²) in [7, 11) is 0. The van der Waals surface area contributed by atoms with Gasteiger partial charge in [0, 0.05) is 12.8 Å². The molecule has 0 aromatic heterocycles. The molecule has 3 rings (SSSR count). The Hall–Kier alpha value is -4.22. The first-order valence-corrected chi connectivity index (χ1v) is 11.0. The molecule has 0 aliphatic rings. The van der Waals surface area contributed by atoms with Gasteiger partial charge in [0.15, 0.2) is 0 Å². The van der Waals surface area contributed by atoms with Gasteiger partial charge in [0.1, 0.15) is 34.1 Å². The minimum atomic E-state index is -5.62. The van der Waals surface area contributed by atoms with Crippen LogP contribution in [0.1, 0.15) is 35.1 Å². The summed E-state index contributed by atoms with van der Waals surface area (Å²) in [6.45, 7) is 0. The van der Waals surface area contributed by atoms with Crippen LogP contribution in [0.2, 0.25) is 0 Å². The zero-order chi connectivity index (χ0) is 28.1. The number of alkyl halides is 6. The van der Waals surface area contributed by atoms with Crippen LogP contribution in [0.25, 0.3) is 0 Å². The minimum absolute atomic E-state index is 0.0106. The first kappa shape index (κ1) is 28.4. The SMILES string of the molecule is O=C(CCc1ccc(O)cc1)Oc1ccc(OC(=O)CCc2ccc(O)cc2)c(C(F)(F)F)c1C(F)(F)F. The maximum absolute atomic E-state index is 13.8. The molecule has 0 spiro atoms. The highest BCUT2D eigenvalue weighted by molar-refractivity contribution is 5.75. The second-order valence-electron chi connectivity index (χ2n) is 8.09. The number of phenols is 2. The molecule has 0 saturated carbocycles.